The molecule has 0 radical (unpaired) electrons. The number of carboxylic acids is 1. The fraction of sp³-hybridized carbons (Fsp3) is 0.667. The third kappa shape index (κ3) is 9.07. The quantitative estimate of drug-likeness (QED) is 0.427. The van der Waals surface area contributed by atoms with Crippen LogP contribution in [0.25, 0.3) is 0 Å². The molecule has 0 aromatic carbocycles. The van der Waals surface area contributed by atoms with Crippen molar-refractivity contribution in [1.82, 2.24) is 0 Å². The molecule has 16 heavy (non-hydrogen) atoms. The van der Waals surface area contributed by atoms with Crippen molar-refractivity contribution < 1.29 is 19.4 Å². The number of carbonyl (C=O) groups excluding carboxylic acids is 1. The molecule has 0 saturated heterocycles. The fourth-order valence-corrected chi connectivity index (χ4v) is 1.14. The lowest BCUT2D eigenvalue weighted by atomic mass is 10.2. The Morgan fingerprint density at radius 3 is 2.62 bits per heavy atom. The van der Waals surface area contributed by atoms with Gasteiger partial charge in [0.25, 0.3) is 0 Å². The van der Waals surface area contributed by atoms with E-state index in [1.165, 1.54) is 6.92 Å². The van der Waals surface area contributed by atoms with Gasteiger partial charge in [0, 0.05) is 19.8 Å². The summed E-state index contributed by atoms with van der Waals surface area (Å²) in [6, 6.07) is 0. The van der Waals surface area contributed by atoms with E-state index in [1.807, 2.05) is 6.92 Å². The smallest absolute Gasteiger partial charge is 0.303 e. The van der Waals surface area contributed by atoms with Crippen molar-refractivity contribution >= 4 is 11.9 Å². The monoisotopic (exact) mass is 226 g/mol. The van der Waals surface area contributed by atoms with Gasteiger partial charge in [-0.25, -0.2) is 0 Å². The lowest BCUT2D eigenvalue weighted by Crippen LogP contribution is -2.13. The Kier molecular flexibility index (Phi) is 7.96. The summed E-state index contributed by atoms with van der Waals surface area (Å²) in [6.45, 7) is 3.34. The average Bonchev–Trinajstić information content (AvgIpc) is 2.16. The van der Waals surface area contributed by atoms with Crippen molar-refractivity contribution in [2.75, 3.05) is 0 Å². The van der Waals surface area contributed by atoms with Gasteiger partial charge < -0.3 is 9.84 Å². The van der Waals surface area contributed by atoms with Crippen LogP contribution in [0.5, 0.6) is 0 Å². The number of rotatable bonds is 6. The number of carbonyl (C=O) groups is 2. The van der Waals surface area contributed by atoms with Gasteiger partial charge in [-0.3, -0.25) is 9.59 Å². The summed E-state index contributed by atoms with van der Waals surface area (Å²) in [7, 11) is 0. The maximum atomic E-state index is 10.7. The molecule has 0 saturated carbocycles. The van der Waals surface area contributed by atoms with E-state index in [4.69, 9.17) is 9.84 Å². The molecule has 90 valence electrons. The molecule has 4 heteroatoms. The SMILES string of the molecule is CCCC(C#CCCCC(=O)O)OC(C)=O. The average molecular weight is 226 g/mol. The predicted molar refractivity (Wildman–Crippen MR) is 59.7 cm³/mol. The van der Waals surface area contributed by atoms with Crippen molar-refractivity contribution in [3.05, 3.63) is 0 Å². The summed E-state index contributed by atoms with van der Waals surface area (Å²) in [6.07, 6.45) is 2.43. The van der Waals surface area contributed by atoms with Crippen molar-refractivity contribution in [3.8, 4) is 11.8 Å². The largest absolute Gasteiger partial charge is 0.481 e. The number of aliphatic carboxylic acids is 1. The molecule has 0 amide bonds. The van der Waals surface area contributed by atoms with E-state index in [0.717, 1.165) is 6.42 Å². The molecule has 0 aliphatic heterocycles. The highest BCUT2D eigenvalue weighted by Crippen LogP contribution is 2.02. The molecule has 0 rings (SSSR count). The van der Waals surface area contributed by atoms with Gasteiger partial charge in [0.15, 0.2) is 6.10 Å². The number of hydrogen-bond donors (Lipinski definition) is 1. The van der Waals surface area contributed by atoms with Crippen molar-refractivity contribution in [2.24, 2.45) is 0 Å². The van der Waals surface area contributed by atoms with E-state index < -0.39 is 5.97 Å². The summed E-state index contributed by atoms with van der Waals surface area (Å²) in [4.78, 5) is 21.0. The highest BCUT2D eigenvalue weighted by molar-refractivity contribution is 5.66. The molecule has 0 aromatic heterocycles. The van der Waals surface area contributed by atoms with Gasteiger partial charge in [0.05, 0.1) is 0 Å². The predicted octanol–water partition coefficient (Wildman–Crippen LogP) is 1.98. The number of esters is 1. The third-order valence-electron chi connectivity index (χ3n) is 1.81. The molecular weight excluding hydrogens is 208 g/mol. The molecule has 0 heterocycles. The molecule has 1 unspecified atom stereocenters. The van der Waals surface area contributed by atoms with E-state index >= 15 is 0 Å². The van der Waals surface area contributed by atoms with Crippen LogP contribution in [0.2, 0.25) is 0 Å². The Labute approximate surface area is 96.0 Å². The first kappa shape index (κ1) is 14.5. The Balaban J connectivity index is 3.92. The Morgan fingerprint density at radius 2 is 2.12 bits per heavy atom. The molecule has 0 bridgehead atoms. The summed E-state index contributed by atoms with van der Waals surface area (Å²) in [5.74, 6) is 4.53. The lowest BCUT2D eigenvalue weighted by molar-refractivity contribution is -0.144. The first-order valence-electron chi connectivity index (χ1n) is 5.43. The first-order valence-corrected chi connectivity index (χ1v) is 5.43. The minimum Gasteiger partial charge on any atom is -0.481 e. The van der Waals surface area contributed by atoms with Crippen LogP contribution in [-0.4, -0.2) is 23.1 Å². The van der Waals surface area contributed by atoms with Gasteiger partial charge in [-0.1, -0.05) is 25.2 Å². The number of unbranched alkanes of at least 4 members (excludes halogenated alkanes) is 1. The first-order chi connectivity index (χ1) is 7.56. The van der Waals surface area contributed by atoms with Crippen LogP contribution < -0.4 is 0 Å². The Morgan fingerprint density at radius 1 is 1.44 bits per heavy atom. The molecule has 0 aliphatic rings. The second kappa shape index (κ2) is 8.78. The van der Waals surface area contributed by atoms with Crippen LogP contribution in [0, 0.1) is 11.8 Å². The van der Waals surface area contributed by atoms with Crippen LogP contribution in [-0.2, 0) is 14.3 Å². The number of carboxylic acid groups (broad SMARTS) is 1. The standard InChI is InChI=1S/C12H18O4/c1-3-7-11(16-10(2)13)8-5-4-6-9-12(14)15/h11H,3-4,6-7,9H2,1-2H3,(H,14,15). The third-order valence-corrected chi connectivity index (χ3v) is 1.81. The molecule has 1 N–H and O–H groups in total. The van der Waals surface area contributed by atoms with E-state index in [9.17, 15) is 9.59 Å². The van der Waals surface area contributed by atoms with Crippen LogP contribution in [0.3, 0.4) is 0 Å². The number of hydrogen-bond acceptors (Lipinski definition) is 3. The van der Waals surface area contributed by atoms with Crippen molar-refractivity contribution in [3.63, 3.8) is 0 Å². The van der Waals surface area contributed by atoms with Crippen molar-refractivity contribution in [2.45, 2.75) is 52.1 Å². The number of ether oxygens (including phenoxy) is 1. The topological polar surface area (TPSA) is 63.6 Å². The fourth-order valence-electron chi connectivity index (χ4n) is 1.14. The highest BCUT2D eigenvalue weighted by atomic mass is 16.5. The molecule has 0 aliphatic carbocycles. The van der Waals surface area contributed by atoms with Crippen LogP contribution >= 0.6 is 0 Å². The van der Waals surface area contributed by atoms with Gasteiger partial charge >= 0.3 is 11.9 Å². The zero-order valence-electron chi connectivity index (χ0n) is 9.78. The molecule has 4 nitrogen and oxygen atoms in total. The normalized spacial score (nSPS) is 11.1. The van der Waals surface area contributed by atoms with Gasteiger partial charge in [-0.2, -0.15) is 0 Å². The van der Waals surface area contributed by atoms with Crippen LogP contribution in [0.4, 0.5) is 0 Å². The maximum absolute atomic E-state index is 10.7. The Bertz CT molecular complexity index is 285. The van der Waals surface area contributed by atoms with Crippen LogP contribution in [0.15, 0.2) is 0 Å². The summed E-state index contributed by atoms with van der Waals surface area (Å²) < 4.78 is 4.99. The zero-order valence-corrected chi connectivity index (χ0v) is 9.78. The second-order valence-corrected chi connectivity index (χ2v) is 3.46. The zero-order chi connectivity index (χ0) is 12.4. The van der Waals surface area contributed by atoms with E-state index in [-0.39, 0.29) is 18.5 Å². The minimum atomic E-state index is -0.813. The van der Waals surface area contributed by atoms with E-state index in [0.29, 0.717) is 19.3 Å². The molecule has 1 atom stereocenters. The van der Waals surface area contributed by atoms with E-state index in [2.05, 4.69) is 11.8 Å². The van der Waals surface area contributed by atoms with Crippen LogP contribution in [0.1, 0.15) is 46.0 Å². The minimum absolute atomic E-state index is 0.126. The van der Waals surface area contributed by atoms with Gasteiger partial charge in [0.1, 0.15) is 0 Å². The van der Waals surface area contributed by atoms with Gasteiger partial charge in [-0.05, 0) is 12.8 Å². The summed E-state index contributed by atoms with van der Waals surface area (Å²) in [5, 5.41) is 8.41. The molecule has 0 spiro atoms. The van der Waals surface area contributed by atoms with E-state index in [1.54, 1.807) is 0 Å². The Hall–Kier alpha value is -1.50. The second-order valence-electron chi connectivity index (χ2n) is 3.46. The maximum Gasteiger partial charge on any atom is 0.303 e. The summed E-state index contributed by atoms with van der Waals surface area (Å²) in [5.41, 5.74) is 0. The van der Waals surface area contributed by atoms with Gasteiger partial charge in [0.2, 0.25) is 0 Å². The lowest BCUT2D eigenvalue weighted by Gasteiger charge is -2.08. The van der Waals surface area contributed by atoms with Gasteiger partial charge in [-0.15, -0.1) is 0 Å². The highest BCUT2D eigenvalue weighted by Gasteiger charge is 2.06. The van der Waals surface area contributed by atoms with Crippen molar-refractivity contribution in [1.29, 1.82) is 0 Å². The molecular formula is C12H18O4. The molecule has 0 aromatic rings. The molecule has 0 fully saturated rings. The summed E-state index contributed by atoms with van der Waals surface area (Å²) >= 11 is 0.